The fraction of sp³-hybridized carbons (Fsp3) is 0.267. The standard InChI is InChI=1S/C13H14N4O3.C2HF3O2/c14-17-12(18)7-2-1-3-8-9(7)6-4-5-15-11(13(19)20)10(6)16-8;3-2(4,5)1(6)7/h1-3,11,15-16H,4-5,14H2,(H,17,18)(H,19,20);(H,6,7). The number of halogens is 3. The number of carboxylic acid groups (broad SMARTS) is 2. The van der Waals surface area contributed by atoms with Gasteiger partial charge < -0.3 is 15.2 Å². The van der Waals surface area contributed by atoms with E-state index in [1.54, 1.807) is 12.1 Å². The number of aliphatic carboxylic acids is 2. The second-order valence-electron chi connectivity index (χ2n) is 5.50. The summed E-state index contributed by atoms with van der Waals surface area (Å²) in [5.41, 5.74) is 4.79. The molecule has 1 atom stereocenters. The van der Waals surface area contributed by atoms with Crippen molar-refractivity contribution in [3.05, 3.63) is 35.0 Å². The maximum absolute atomic E-state index is 11.8. The van der Waals surface area contributed by atoms with Crippen molar-refractivity contribution in [3.63, 3.8) is 0 Å². The van der Waals surface area contributed by atoms with Gasteiger partial charge in [0.05, 0.1) is 5.56 Å². The Morgan fingerprint density at radius 2 is 1.85 bits per heavy atom. The first-order chi connectivity index (χ1) is 12.6. The van der Waals surface area contributed by atoms with Crippen molar-refractivity contribution in [2.24, 2.45) is 5.84 Å². The average molecular weight is 388 g/mol. The number of hydrogen-bond donors (Lipinski definition) is 6. The molecule has 3 rings (SSSR count). The van der Waals surface area contributed by atoms with Crippen LogP contribution in [0.5, 0.6) is 0 Å². The first kappa shape index (κ1) is 20.2. The number of carbonyl (C=O) groups is 3. The van der Waals surface area contributed by atoms with Gasteiger partial charge in [0, 0.05) is 23.1 Å². The van der Waals surface area contributed by atoms with Crippen LogP contribution in [0.15, 0.2) is 18.2 Å². The highest BCUT2D eigenvalue weighted by Crippen LogP contribution is 2.32. The molecule has 1 amide bonds. The van der Waals surface area contributed by atoms with Crippen molar-refractivity contribution in [2.45, 2.75) is 18.6 Å². The molecule has 146 valence electrons. The molecule has 0 aliphatic carbocycles. The molecule has 1 aliphatic heterocycles. The molecule has 2 heterocycles. The summed E-state index contributed by atoms with van der Waals surface area (Å²) >= 11 is 0. The monoisotopic (exact) mass is 388 g/mol. The molecule has 27 heavy (non-hydrogen) atoms. The van der Waals surface area contributed by atoms with Gasteiger partial charge in [0.2, 0.25) is 0 Å². The third-order valence-corrected chi connectivity index (χ3v) is 3.84. The molecule has 0 saturated heterocycles. The molecule has 1 aliphatic rings. The number of hydrogen-bond acceptors (Lipinski definition) is 5. The van der Waals surface area contributed by atoms with Crippen LogP contribution in [0.4, 0.5) is 13.2 Å². The van der Waals surface area contributed by atoms with E-state index in [1.807, 2.05) is 6.07 Å². The molecule has 0 spiro atoms. The molecule has 1 unspecified atom stereocenters. The van der Waals surface area contributed by atoms with Crippen molar-refractivity contribution in [1.82, 2.24) is 15.7 Å². The van der Waals surface area contributed by atoms with Crippen molar-refractivity contribution >= 4 is 28.7 Å². The van der Waals surface area contributed by atoms with E-state index in [0.29, 0.717) is 24.2 Å². The first-order valence-electron chi connectivity index (χ1n) is 7.48. The number of hydrazine groups is 1. The van der Waals surface area contributed by atoms with E-state index >= 15 is 0 Å². The van der Waals surface area contributed by atoms with Gasteiger partial charge in [-0.25, -0.2) is 10.6 Å². The molecular weight excluding hydrogens is 373 g/mol. The van der Waals surface area contributed by atoms with Crippen LogP contribution < -0.4 is 16.6 Å². The van der Waals surface area contributed by atoms with Crippen LogP contribution in [-0.4, -0.2) is 45.8 Å². The Labute approximate surface area is 149 Å². The van der Waals surface area contributed by atoms with Crippen LogP contribution in [0.3, 0.4) is 0 Å². The summed E-state index contributed by atoms with van der Waals surface area (Å²) in [5.74, 6) is 1.11. The van der Waals surface area contributed by atoms with E-state index in [2.05, 4.69) is 15.7 Å². The van der Waals surface area contributed by atoms with E-state index in [-0.39, 0.29) is 5.91 Å². The maximum Gasteiger partial charge on any atom is 0.490 e. The lowest BCUT2D eigenvalue weighted by molar-refractivity contribution is -0.192. The molecule has 1 aromatic heterocycles. The number of carbonyl (C=O) groups excluding carboxylic acids is 1. The van der Waals surface area contributed by atoms with Gasteiger partial charge in [-0.15, -0.1) is 0 Å². The first-order valence-corrected chi connectivity index (χ1v) is 7.48. The van der Waals surface area contributed by atoms with Crippen molar-refractivity contribution in [2.75, 3.05) is 6.54 Å². The van der Waals surface area contributed by atoms with Gasteiger partial charge in [-0.3, -0.25) is 20.3 Å². The fourth-order valence-electron chi connectivity index (χ4n) is 2.76. The zero-order valence-corrected chi connectivity index (χ0v) is 13.6. The Morgan fingerprint density at radius 3 is 2.37 bits per heavy atom. The van der Waals surface area contributed by atoms with Gasteiger partial charge in [0.1, 0.15) is 6.04 Å². The Morgan fingerprint density at radius 1 is 1.22 bits per heavy atom. The summed E-state index contributed by atoms with van der Waals surface area (Å²) in [5, 5.41) is 20.1. The summed E-state index contributed by atoms with van der Waals surface area (Å²) in [7, 11) is 0. The van der Waals surface area contributed by atoms with Crippen LogP contribution in [0, 0.1) is 0 Å². The minimum atomic E-state index is -5.08. The highest BCUT2D eigenvalue weighted by Gasteiger charge is 2.38. The van der Waals surface area contributed by atoms with Gasteiger partial charge in [-0.2, -0.15) is 13.2 Å². The number of nitrogens with two attached hydrogens (primary N) is 1. The Kier molecular flexibility index (Phi) is 5.71. The molecule has 2 aromatic rings. The molecule has 7 N–H and O–H groups in total. The van der Waals surface area contributed by atoms with Crippen molar-refractivity contribution in [1.29, 1.82) is 0 Å². The fourth-order valence-corrected chi connectivity index (χ4v) is 2.76. The number of nitrogens with one attached hydrogen (secondary N) is 3. The topological polar surface area (TPSA) is 158 Å². The summed E-state index contributed by atoms with van der Waals surface area (Å²) < 4.78 is 31.7. The number of nitrogen functional groups attached to an aromatic ring is 1. The zero-order chi connectivity index (χ0) is 20.4. The lowest BCUT2D eigenvalue weighted by atomic mass is 9.96. The normalized spacial score (nSPS) is 16.1. The number of aromatic amines is 1. The third kappa shape index (κ3) is 4.17. The number of aromatic nitrogens is 1. The number of carboxylic acids is 2. The van der Waals surface area contributed by atoms with Gasteiger partial charge in [-0.05, 0) is 24.1 Å². The van der Waals surface area contributed by atoms with E-state index in [1.165, 1.54) is 0 Å². The third-order valence-electron chi connectivity index (χ3n) is 3.84. The van der Waals surface area contributed by atoms with Crippen LogP contribution in [-0.2, 0) is 16.0 Å². The summed E-state index contributed by atoms with van der Waals surface area (Å²) in [6.45, 7) is 0.551. The summed E-state index contributed by atoms with van der Waals surface area (Å²) in [6.07, 6.45) is -4.42. The van der Waals surface area contributed by atoms with E-state index in [0.717, 1.165) is 16.5 Å². The Bertz CT molecular complexity index is 893. The number of H-pyrrole nitrogens is 1. The van der Waals surface area contributed by atoms with Gasteiger partial charge in [0.25, 0.3) is 5.91 Å². The van der Waals surface area contributed by atoms with Crippen LogP contribution in [0.25, 0.3) is 10.9 Å². The maximum atomic E-state index is 11.8. The molecule has 0 saturated carbocycles. The molecule has 0 fully saturated rings. The van der Waals surface area contributed by atoms with E-state index < -0.39 is 24.2 Å². The minimum Gasteiger partial charge on any atom is -0.480 e. The number of alkyl halides is 3. The number of benzene rings is 1. The van der Waals surface area contributed by atoms with Crippen LogP contribution in [0.2, 0.25) is 0 Å². The highest BCUT2D eigenvalue weighted by molar-refractivity contribution is 6.08. The van der Waals surface area contributed by atoms with Crippen molar-refractivity contribution in [3.8, 4) is 0 Å². The smallest absolute Gasteiger partial charge is 0.480 e. The lowest BCUT2D eigenvalue weighted by Gasteiger charge is -2.20. The highest BCUT2D eigenvalue weighted by atomic mass is 19.4. The van der Waals surface area contributed by atoms with Gasteiger partial charge in [-0.1, -0.05) is 6.07 Å². The molecule has 12 heteroatoms. The second-order valence-corrected chi connectivity index (χ2v) is 5.50. The molecule has 9 nitrogen and oxygen atoms in total. The summed E-state index contributed by atoms with van der Waals surface area (Å²) in [4.78, 5) is 35.1. The number of rotatable bonds is 2. The Hall–Kier alpha value is -3.12. The van der Waals surface area contributed by atoms with Crippen LogP contribution >= 0.6 is 0 Å². The lowest BCUT2D eigenvalue weighted by Crippen LogP contribution is -2.35. The quantitative estimate of drug-likeness (QED) is 0.251. The van der Waals surface area contributed by atoms with Crippen molar-refractivity contribution < 1.29 is 37.8 Å². The largest absolute Gasteiger partial charge is 0.490 e. The van der Waals surface area contributed by atoms with Crippen LogP contribution in [0.1, 0.15) is 27.7 Å². The van der Waals surface area contributed by atoms with E-state index in [4.69, 9.17) is 15.7 Å². The SMILES string of the molecule is NNC(=O)c1cccc2[nH]c3c(c12)CCNC3C(=O)O.O=C(O)C(F)(F)F. The molecule has 1 aromatic carbocycles. The summed E-state index contributed by atoms with van der Waals surface area (Å²) in [6, 6.07) is 4.45. The van der Waals surface area contributed by atoms with E-state index in [9.17, 15) is 27.9 Å². The predicted octanol–water partition coefficient (Wildman–Crippen LogP) is 0.676. The average Bonchev–Trinajstić information content (AvgIpc) is 2.99. The second kappa shape index (κ2) is 7.63. The van der Waals surface area contributed by atoms with Gasteiger partial charge in [0.15, 0.2) is 0 Å². The number of fused-ring (bicyclic) bond motifs is 3. The zero-order valence-electron chi connectivity index (χ0n) is 13.6. The molecule has 0 bridgehead atoms. The molecule has 0 radical (unpaired) electrons. The van der Waals surface area contributed by atoms with Gasteiger partial charge >= 0.3 is 18.1 Å². The predicted molar refractivity (Wildman–Crippen MR) is 85.7 cm³/mol. The molecular formula is C15H15F3N4O5. The minimum absolute atomic E-state index is 0.386. The Balaban J connectivity index is 0.000000321. The number of amides is 1.